The Hall–Kier alpha value is -6.61. The summed E-state index contributed by atoms with van der Waals surface area (Å²) in [6.07, 6.45) is -4.44. The fourth-order valence-corrected chi connectivity index (χ4v) is 8.19. The van der Waals surface area contributed by atoms with Gasteiger partial charge in [0.05, 0.1) is 17.1 Å². The van der Waals surface area contributed by atoms with E-state index < -0.39 is 35.7 Å². The standard InChI is InChI=1S/C16H22F2N2O2.C16H21FN2O3.C11H13F3N2.C11H13FN2O/c1-16(2,3)22-15(21)20-10-8-19(9-11-20)13-6-4-12(5-7-13)14(17)18;1-16(2,3)22-15(21)19-8-6-18(7-9-19)14-5-4-12(11-20)10-13(14)17;12-9-7-8(11(13)14)1-2-10(9)16-5-3-15-4-6-16;12-10-7-9(8-15)1-2-11(10)14-5-3-13-4-6-14/h4-7,14H,8-11H2,1-3H3;4-5,10-11H,6-9H2,1-3H3;1-2,7,11,15H,3-6H2;1-2,7-8,13H,3-6H2. The Morgan fingerprint density at radius 2 is 0.800 bits per heavy atom. The topological polar surface area (TPSA) is 130 Å². The van der Waals surface area contributed by atoms with Gasteiger partial charge in [-0.15, -0.1) is 0 Å². The van der Waals surface area contributed by atoms with Crippen LogP contribution in [0.2, 0.25) is 0 Å². The van der Waals surface area contributed by atoms with Gasteiger partial charge in [0.15, 0.2) is 0 Å². The van der Waals surface area contributed by atoms with Crippen LogP contribution in [-0.2, 0) is 9.47 Å². The molecule has 0 spiro atoms. The van der Waals surface area contributed by atoms with E-state index in [2.05, 4.69) is 15.5 Å². The van der Waals surface area contributed by atoms with Crippen molar-refractivity contribution >= 4 is 47.5 Å². The van der Waals surface area contributed by atoms with Crippen molar-refractivity contribution in [2.45, 2.75) is 65.6 Å². The highest BCUT2D eigenvalue weighted by molar-refractivity contribution is 5.77. The lowest BCUT2D eigenvalue weighted by Crippen LogP contribution is -2.50. The minimum Gasteiger partial charge on any atom is -0.444 e. The molecule has 4 aromatic carbocycles. The number of hydrogen-bond donors (Lipinski definition) is 2. The van der Waals surface area contributed by atoms with Crippen LogP contribution in [0.15, 0.2) is 78.9 Å². The first-order valence-corrected chi connectivity index (χ1v) is 24.9. The monoisotopic (exact) mass is 1060 g/mol. The quantitative estimate of drug-likeness (QED) is 0.129. The predicted molar refractivity (Wildman–Crippen MR) is 277 cm³/mol. The van der Waals surface area contributed by atoms with Crippen LogP contribution in [0.1, 0.15) is 86.2 Å². The number of nitrogens with zero attached hydrogens (tertiary/aromatic N) is 6. The molecule has 4 aromatic rings. The summed E-state index contributed by atoms with van der Waals surface area (Å²) in [5, 5.41) is 6.36. The summed E-state index contributed by atoms with van der Waals surface area (Å²) in [6.45, 7) is 21.8. The number of carbonyl (C=O) groups excluding carboxylic acids is 4. The highest BCUT2D eigenvalue weighted by Gasteiger charge is 2.28. The van der Waals surface area contributed by atoms with Gasteiger partial charge in [0.25, 0.3) is 12.9 Å². The van der Waals surface area contributed by atoms with Gasteiger partial charge in [-0.1, -0.05) is 18.2 Å². The van der Waals surface area contributed by atoms with E-state index in [-0.39, 0.29) is 29.1 Å². The van der Waals surface area contributed by atoms with Gasteiger partial charge in [0.1, 0.15) is 41.2 Å². The Labute approximate surface area is 434 Å². The van der Waals surface area contributed by atoms with Gasteiger partial charge in [-0.2, -0.15) is 0 Å². The van der Waals surface area contributed by atoms with E-state index in [0.717, 1.165) is 51.0 Å². The lowest BCUT2D eigenvalue weighted by atomic mass is 10.1. The summed E-state index contributed by atoms with van der Waals surface area (Å²) in [7, 11) is 0. The lowest BCUT2D eigenvalue weighted by molar-refractivity contribution is 0.0230. The number of halogens is 7. The Bertz CT molecular complexity index is 2470. The van der Waals surface area contributed by atoms with Crippen LogP contribution in [0, 0.1) is 17.5 Å². The number of nitrogens with one attached hydrogen (secondary N) is 2. The molecule has 0 aromatic heterocycles. The van der Waals surface area contributed by atoms with E-state index >= 15 is 0 Å². The number of benzene rings is 4. The molecule has 410 valence electrons. The van der Waals surface area contributed by atoms with Crippen LogP contribution < -0.4 is 30.2 Å². The van der Waals surface area contributed by atoms with Crippen molar-refractivity contribution in [3.63, 3.8) is 0 Å². The zero-order chi connectivity index (χ0) is 54.9. The molecule has 4 aliphatic heterocycles. The highest BCUT2D eigenvalue weighted by atomic mass is 19.3. The molecule has 0 radical (unpaired) electrons. The fraction of sp³-hybridized carbons (Fsp3) is 0.481. The number of piperazine rings is 4. The average molecular weight is 1060 g/mol. The molecule has 0 atom stereocenters. The van der Waals surface area contributed by atoms with Crippen LogP contribution >= 0.6 is 0 Å². The molecular formula is C54H69F7N8O6. The first-order valence-electron chi connectivity index (χ1n) is 24.9. The normalized spacial score (nSPS) is 16.2. The Morgan fingerprint density at radius 3 is 1.13 bits per heavy atom. The van der Waals surface area contributed by atoms with Crippen molar-refractivity contribution in [1.29, 1.82) is 0 Å². The summed E-state index contributed by atoms with van der Waals surface area (Å²) in [5.74, 6) is -1.31. The largest absolute Gasteiger partial charge is 0.444 e. The molecule has 2 amide bonds. The first kappa shape index (κ1) is 59.3. The number of anilines is 4. The molecule has 4 heterocycles. The molecule has 4 saturated heterocycles. The Morgan fingerprint density at radius 1 is 0.467 bits per heavy atom. The smallest absolute Gasteiger partial charge is 0.410 e. The molecular weight excluding hydrogens is 990 g/mol. The molecule has 75 heavy (non-hydrogen) atoms. The maximum atomic E-state index is 14.0. The lowest BCUT2D eigenvalue weighted by Gasteiger charge is -2.36. The molecule has 0 bridgehead atoms. The van der Waals surface area contributed by atoms with E-state index in [0.29, 0.717) is 106 Å². The third-order valence-corrected chi connectivity index (χ3v) is 12.1. The van der Waals surface area contributed by atoms with Crippen molar-refractivity contribution in [2.75, 3.05) is 124 Å². The van der Waals surface area contributed by atoms with Gasteiger partial charge in [0, 0.05) is 133 Å². The Balaban J connectivity index is 0.000000187. The summed E-state index contributed by atoms with van der Waals surface area (Å²) >= 11 is 0. The number of aldehydes is 2. The minimum atomic E-state index is -2.62. The number of rotatable bonds is 8. The Kier molecular flexibility index (Phi) is 22.0. The molecule has 2 N–H and O–H groups in total. The molecule has 0 saturated carbocycles. The number of hydrogen-bond acceptors (Lipinski definition) is 12. The van der Waals surface area contributed by atoms with Crippen LogP contribution in [0.25, 0.3) is 0 Å². The number of ether oxygens (including phenoxy) is 2. The summed E-state index contributed by atoms with van der Waals surface area (Å²) in [5.41, 5.74) is 1.77. The summed E-state index contributed by atoms with van der Waals surface area (Å²) in [6, 6.07) is 18.9. The van der Waals surface area contributed by atoms with Gasteiger partial charge in [-0.25, -0.2) is 40.3 Å². The van der Waals surface area contributed by atoms with E-state index in [4.69, 9.17) is 9.47 Å². The van der Waals surface area contributed by atoms with Gasteiger partial charge in [-0.05, 0) is 102 Å². The van der Waals surface area contributed by atoms with Crippen molar-refractivity contribution < 1.29 is 59.4 Å². The predicted octanol–water partition coefficient (Wildman–Crippen LogP) is 9.60. The number of amides is 2. The van der Waals surface area contributed by atoms with Crippen LogP contribution in [-0.4, -0.2) is 150 Å². The van der Waals surface area contributed by atoms with E-state index in [1.54, 1.807) is 46.2 Å². The highest BCUT2D eigenvalue weighted by Crippen LogP contribution is 2.28. The second-order valence-corrected chi connectivity index (χ2v) is 19.9. The van der Waals surface area contributed by atoms with Crippen molar-refractivity contribution in [2.24, 2.45) is 0 Å². The summed E-state index contributed by atoms with van der Waals surface area (Å²) < 4.78 is 102. The second kappa shape index (κ2) is 27.8. The van der Waals surface area contributed by atoms with E-state index in [1.807, 2.05) is 56.2 Å². The van der Waals surface area contributed by atoms with Gasteiger partial charge in [0.2, 0.25) is 0 Å². The van der Waals surface area contributed by atoms with Crippen LogP contribution in [0.4, 0.5) is 63.1 Å². The average Bonchev–Trinajstić information content (AvgIpc) is 3.38. The zero-order valence-electron chi connectivity index (χ0n) is 43.4. The first-order chi connectivity index (χ1) is 35.5. The molecule has 21 heteroatoms. The van der Waals surface area contributed by atoms with Crippen molar-refractivity contribution in [3.05, 3.63) is 119 Å². The molecule has 14 nitrogen and oxygen atoms in total. The van der Waals surface area contributed by atoms with Gasteiger partial charge >= 0.3 is 12.2 Å². The molecule has 4 aliphatic rings. The zero-order valence-corrected chi connectivity index (χ0v) is 43.4. The molecule has 4 fully saturated rings. The minimum absolute atomic E-state index is 0.0242. The van der Waals surface area contributed by atoms with Crippen LogP contribution in [0.3, 0.4) is 0 Å². The van der Waals surface area contributed by atoms with E-state index in [1.165, 1.54) is 36.4 Å². The third-order valence-electron chi connectivity index (χ3n) is 12.1. The molecule has 0 aliphatic carbocycles. The second-order valence-electron chi connectivity index (χ2n) is 19.9. The fourth-order valence-electron chi connectivity index (χ4n) is 8.19. The van der Waals surface area contributed by atoms with Crippen LogP contribution in [0.5, 0.6) is 0 Å². The van der Waals surface area contributed by atoms with Gasteiger partial charge < -0.3 is 49.5 Å². The molecule has 0 unspecified atom stereocenters. The maximum Gasteiger partial charge on any atom is 0.410 e. The SMILES string of the molecule is CC(C)(C)OC(=O)N1CCN(c2ccc(C(F)F)cc2)CC1.CC(C)(C)OC(=O)N1CCN(c2ccc(C=O)cc2F)CC1.Fc1cc(C(F)F)ccc1N1CCNCC1.O=Cc1ccc(N2CCNCC2)c(F)c1. The number of carbonyl (C=O) groups is 4. The van der Waals surface area contributed by atoms with Crippen molar-refractivity contribution in [3.8, 4) is 0 Å². The maximum absolute atomic E-state index is 14.0. The summed E-state index contributed by atoms with van der Waals surface area (Å²) in [4.78, 5) is 56.1. The number of alkyl halides is 4. The third kappa shape index (κ3) is 18.6. The van der Waals surface area contributed by atoms with Gasteiger partial charge in [-0.3, -0.25) is 9.59 Å². The molecule has 8 rings (SSSR count). The van der Waals surface area contributed by atoms with E-state index in [9.17, 15) is 49.9 Å². The van der Waals surface area contributed by atoms with Crippen molar-refractivity contribution in [1.82, 2.24) is 20.4 Å².